The Balaban J connectivity index is 4.53. The fraction of sp³-hybridized carbons (Fsp3) is 1.00. The Hall–Kier alpha value is 0.200. The molecule has 0 rings (SSSR count). The fourth-order valence-corrected chi connectivity index (χ4v) is 3.27. The molecule has 13 heavy (non-hydrogen) atoms. The summed E-state index contributed by atoms with van der Waals surface area (Å²) < 4.78 is 24.7. The van der Waals surface area contributed by atoms with E-state index in [4.69, 9.17) is 11.6 Å². The lowest BCUT2D eigenvalue weighted by molar-refractivity contribution is 0.355. The maximum absolute atomic E-state index is 11.6. The normalized spacial score (nSPS) is 12.8. The van der Waals surface area contributed by atoms with Crippen molar-refractivity contribution in [3.05, 3.63) is 0 Å². The zero-order chi connectivity index (χ0) is 10.5. The van der Waals surface area contributed by atoms with Crippen LogP contribution in [0, 0.1) is 0 Å². The first kappa shape index (κ1) is 13.2. The Labute approximate surface area is 86.1 Å². The fourth-order valence-electron chi connectivity index (χ4n) is 1.15. The van der Waals surface area contributed by atoms with Crippen LogP contribution >= 0.6 is 11.6 Å². The zero-order valence-corrected chi connectivity index (χ0v) is 10.0. The van der Waals surface area contributed by atoms with Crippen LogP contribution in [-0.2, 0) is 10.0 Å². The molecule has 0 radical (unpaired) electrons. The minimum absolute atomic E-state index is 0.0215. The topological polar surface area (TPSA) is 37.4 Å². The summed E-state index contributed by atoms with van der Waals surface area (Å²) in [5, 5.41) is 0. The predicted molar refractivity (Wildman–Crippen MR) is 56.6 cm³/mol. The van der Waals surface area contributed by atoms with Crippen molar-refractivity contribution < 1.29 is 8.42 Å². The van der Waals surface area contributed by atoms with Crippen LogP contribution in [0.2, 0.25) is 0 Å². The number of rotatable bonds is 6. The summed E-state index contributed by atoms with van der Waals surface area (Å²) in [6.07, 6.45) is 0.833. The van der Waals surface area contributed by atoms with Crippen molar-refractivity contribution >= 4 is 21.6 Å². The number of hydrogen-bond donors (Lipinski definition) is 0. The quantitative estimate of drug-likeness (QED) is 0.648. The molecule has 80 valence electrons. The average Bonchev–Trinajstić information content (AvgIpc) is 1.99. The molecule has 5 heteroatoms. The summed E-state index contributed by atoms with van der Waals surface area (Å²) in [5.41, 5.74) is 0. The maximum Gasteiger partial charge on any atom is 0.215 e. The van der Waals surface area contributed by atoms with E-state index in [9.17, 15) is 8.42 Å². The highest BCUT2D eigenvalue weighted by molar-refractivity contribution is 7.89. The van der Waals surface area contributed by atoms with Crippen molar-refractivity contribution in [3.8, 4) is 0 Å². The molecular formula is C8H18ClNO2S. The van der Waals surface area contributed by atoms with Crippen molar-refractivity contribution in [2.24, 2.45) is 0 Å². The molecule has 0 N–H and O–H groups in total. The van der Waals surface area contributed by atoms with Crippen LogP contribution in [0.5, 0.6) is 0 Å². The summed E-state index contributed by atoms with van der Waals surface area (Å²) in [6.45, 7) is 6.30. The third-order valence-electron chi connectivity index (χ3n) is 1.71. The standard InChI is InChI=1S/C8H18ClNO2S/c1-4-6-10(8(2)3)13(11,12)7-5-9/h8H,4-7H2,1-3H3. The summed E-state index contributed by atoms with van der Waals surface area (Å²) in [4.78, 5) is 0. The highest BCUT2D eigenvalue weighted by Crippen LogP contribution is 2.08. The number of nitrogens with zero attached hydrogens (tertiary/aromatic N) is 1. The second-order valence-electron chi connectivity index (χ2n) is 3.21. The van der Waals surface area contributed by atoms with Crippen molar-refractivity contribution in [1.29, 1.82) is 0 Å². The first-order valence-corrected chi connectivity index (χ1v) is 6.65. The molecule has 0 spiro atoms. The molecule has 0 aromatic heterocycles. The predicted octanol–water partition coefficient (Wildman–Crippen LogP) is 1.68. The number of alkyl halides is 1. The summed E-state index contributed by atoms with van der Waals surface area (Å²) >= 11 is 5.43. The Kier molecular flexibility index (Phi) is 5.92. The maximum atomic E-state index is 11.6. The molecule has 0 bridgehead atoms. The number of sulfonamides is 1. The van der Waals surface area contributed by atoms with Gasteiger partial charge in [-0.3, -0.25) is 0 Å². The van der Waals surface area contributed by atoms with Gasteiger partial charge < -0.3 is 0 Å². The van der Waals surface area contributed by atoms with Crippen molar-refractivity contribution in [2.45, 2.75) is 33.2 Å². The highest BCUT2D eigenvalue weighted by atomic mass is 35.5. The van der Waals surface area contributed by atoms with Gasteiger partial charge in [0.2, 0.25) is 10.0 Å². The van der Waals surface area contributed by atoms with Crippen LogP contribution in [-0.4, -0.2) is 36.9 Å². The van der Waals surface area contributed by atoms with E-state index in [1.165, 1.54) is 4.31 Å². The molecule has 3 nitrogen and oxygen atoms in total. The summed E-state index contributed by atoms with van der Waals surface area (Å²) in [5.74, 6) is 0.196. The van der Waals surface area contributed by atoms with Gasteiger partial charge >= 0.3 is 0 Å². The van der Waals surface area contributed by atoms with Crippen LogP contribution in [0.1, 0.15) is 27.2 Å². The van der Waals surface area contributed by atoms with E-state index >= 15 is 0 Å². The van der Waals surface area contributed by atoms with Crippen LogP contribution in [0.3, 0.4) is 0 Å². The molecule has 0 saturated heterocycles. The largest absolute Gasteiger partial charge is 0.215 e. The van der Waals surface area contributed by atoms with Crippen LogP contribution in [0.15, 0.2) is 0 Å². The van der Waals surface area contributed by atoms with Crippen molar-refractivity contribution in [2.75, 3.05) is 18.2 Å². The van der Waals surface area contributed by atoms with Crippen molar-refractivity contribution in [3.63, 3.8) is 0 Å². The van der Waals surface area contributed by atoms with E-state index in [-0.39, 0.29) is 17.7 Å². The van der Waals surface area contributed by atoms with E-state index in [2.05, 4.69) is 0 Å². The highest BCUT2D eigenvalue weighted by Gasteiger charge is 2.22. The minimum atomic E-state index is -3.13. The molecule has 0 aliphatic heterocycles. The zero-order valence-electron chi connectivity index (χ0n) is 8.46. The molecule has 0 unspecified atom stereocenters. The van der Waals surface area contributed by atoms with Crippen LogP contribution < -0.4 is 0 Å². The van der Waals surface area contributed by atoms with E-state index in [0.29, 0.717) is 6.54 Å². The second-order valence-corrected chi connectivity index (χ2v) is 5.63. The van der Waals surface area contributed by atoms with E-state index < -0.39 is 10.0 Å². The van der Waals surface area contributed by atoms with Crippen molar-refractivity contribution in [1.82, 2.24) is 4.31 Å². The molecule has 0 heterocycles. The second kappa shape index (κ2) is 5.83. The van der Waals surface area contributed by atoms with Gasteiger partial charge in [-0.05, 0) is 20.3 Å². The average molecular weight is 228 g/mol. The molecule has 0 aliphatic carbocycles. The van der Waals surface area contributed by atoms with E-state index in [1.807, 2.05) is 20.8 Å². The first-order valence-electron chi connectivity index (χ1n) is 4.51. The number of halogens is 1. The molecule has 0 atom stereocenters. The van der Waals surface area contributed by atoms with Gasteiger partial charge in [0.25, 0.3) is 0 Å². The summed E-state index contributed by atoms with van der Waals surface area (Å²) in [7, 11) is -3.13. The Morgan fingerprint density at radius 1 is 1.38 bits per heavy atom. The smallest absolute Gasteiger partial charge is 0.212 e. The Morgan fingerprint density at radius 2 is 1.92 bits per heavy atom. The van der Waals surface area contributed by atoms with Gasteiger partial charge in [0, 0.05) is 18.5 Å². The summed E-state index contributed by atoms with van der Waals surface area (Å²) in [6, 6.07) is 0.0215. The third kappa shape index (κ3) is 4.29. The Bertz CT molecular complexity index is 226. The monoisotopic (exact) mass is 227 g/mol. The van der Waals surface area contributed by atoms with Gasteiger partial charge in [-0.25, -0.2) is 8.42 Å². The van der Waals surface area contributed by atoms with Gasteiger partial charge in [0.05, 0.1) is 5.75 Å². The molecule has 0 saturated carbocycles. The lowest BCUT2D eigenvalue weighted by Crippen LogP contribution is -2.39. The lowest BCUT2D eigenvalue weighted by Gasteiger charge is -2.24. The number of hydrogen-bond acceptors (Lipinski definition) is 2. The molecule has 0 aliphatic rings. The third-order valence-corrected chi connectivity index (χ3v) is 4.16. The van der Waals surface area contributed by atoms with Gasteiger partial charge in [0.15, 0.2) is 0 Å². The van der Waals surface area contributed by atoms with Gasteiger partial charge in [-0.1, -0.05) is 6.92 Å². The molecule has 0 amide bonds. The van der Waals surface area contributed by atoms with Gasteiger partial charge in [-0.15, -0.1) is 11.6 Å². The molecular weight excluding hydrogens is 210 g/mol. The minimum Gasteiger partial charge on any atom is -0.212 e. The molecule has 0 fully saturated rings. The Morgan fingerprint density at radius 3 is 2.23 bits per heavy atom. The van der Waals surface area contributed by atoms with Crippen LogP contribution in [0.4, 0.5) is 0 Å². The van der Waals surface area contributed by atoms with E-state index in [0.717, 1.165) is 6.42 Å². The van der Waals surface area contributed by atoms with Crippen LogP contribution in [0.25, 0.3) is 0 Å². The van der Waals surface area contributed by atoms with E-state index in [1.54, 1.807) is 0 Å². The molecule has 0 aromatic rings. The van der Waals surface area contributed by atoms with Gasteiger partial charge in [0.1, 0.15) is 0 Å². The van der Waals surface area contributed by atoms with Gasteiger partial charge in [-0.2, -0.15) is 4.31 Å². The SMILES string of the molecule is CCCN(C(C)C)S(=O)(=O)CCCl. The first-order chi connectivity index (χ1) is 5.95. The molecule has 0 aromatic carbocycles. The lowest BCUT2D eigenvalue weighted by atomic mass is 10.4.